The average molecular weight is 278 g/mol. The summed E-state index contributed by atoms with van der Waals surface area (Å²) >= 11 is 5.90. The molecule has 0 aliphatic heterocycles. The van der Waals surface area contributed by atoms with Gasteiger partial charge in [0.25, 0.3) is 0 Å². The van der Waals surface area contributed by atoms with Gasteiger partial charge in [0.2, 0.25) is 0 Å². The Morgan fingerprint density at radius 1 is 1.44 bits per heavy atom. The van der Waals surface area contributed by atoms with Crippen LogP contribution in [0.1, 0.15) is 18.4 Å². The SMILES string of the molecule is COCC(F)(CCCN)Cc1ccc(F)cc1Cl. The van der Waals surface area contributed by atoms with E-state index < -0.39 is 11.5 Å². The number of rotatable bonds is 7. The summed E-state index contributed by atoms with van der Waals surface area (Å²) in [6.45, 7) is 0.396. The van der Waals surface area contributed by atoms with E-state index in [2.05, 4.69) is 0 Å². The van der Waals surface area contributed by atoms with Crippen LogP contribution >= 0.6 is 11.6 Å². The second-order valence-electron chi connectivity index (χ2n) is 4.39. The van der Waals surface area contributed by atoms with Crippen molar-refractivity contribution in [1.29, 1.82) is 0 Å². The Hall–Kier alpha value is -0.710. The molecule has 0 radical (unpaired) electrons. The molecule has 0 fully saturated rings. The number of hydrogen-bond acceptors (Lipinski definition) is 2. The predicted molar refractivity (Wildman–Crippen MR) is 69.1 cm³/mol. The maximum absolute atomic E-state index is 14.6. The highest BCUT2D eigenvalue weighted by Gasteiger charge is 2.30. The van der Waals surface area contributed by atoms with Crippen LogP contribution in [0.15, 0.2) is 18.2 Å². The van der Waals surface area contributed by atoms with Gasteiger partial charge in [0, 0.05) is 18.6 Å². The van der Waals surface area contributed by atoms with E-state index in [1.807, 2.05) is 0 Å². The van der Waals surface area contributed by atoms with Gasteiger partial charge in [-0.2, -0.15) is 0 Å². The number of nitrogens with two attached hydrogens (primary N) is 1. The molecule has 0 heterocycles. The molecular weight excluding hydrogens is 260 g/mol. The zero-order chi connectivity index (χ0) is 13.6. The average Bonchev–Trinajstić information content (AvgIpc) is 2.31. The van der Waals surface area contributed by atoms with Crippen LogP contribution in [0.3, 0.4) is 0 Å². The highest BCUT2D eigenvalue weighted by Crippen LogP contribution is 2.28. The maximum Gasteiger partial charge on any atom is 0.138 e. The van der Waals surface area contributed by atoms with Gasteiger partial charge in [-0.1, -0.05) is 17.7 Å². The molecule has 1 aromatic rings. The fourth-order valence-corrected chi connectivity index (χ4v) is 2.13. The highest BCUT2D eigenvalue weighted by atomic mass is 35.5. The van der Waals surface area contributed by atoms with Crippen molar-refractivity contribution in [1.82, 2.24) is 0 Å². The van der Waals surface area contributed by atoms with Gasteiger partial charge in [-0.3, -0.25) is 0 Å². The van der Waals surface area contributed by atoms with E-state index in [9.17, 15) is 8.78 Å². The third-order valence-electron chi connectivity index (χ3n) is 2.75. The second kappa shape index (κ2) is 7.02. The van der Waals surface area contributed by atoms with Gasteiger partial charge in [0.15, 0.2) is 0 Å². The van der Waals surface area contributed by atoms with Gasteiger partial charge in [0.05, 0.1) is 6.61 Å². The fraction of sp³-hybridized carbons (Fsp3) is 0.538. The quantitative estimate of drug-likeness (QED) is 0.831. The highest BCUT2D eigenvalue weighted by molar-refractivity contribution is 6.31. The van der Waals surface area contributed by atoms with Crippen LogP contribution in [-0.4, -0.2) is 25.9 Å². The van der Waals surface area contributed by atoms with Crippen LogP contribution in [0.25, 0.3) is 0 Å². The summed E-state index contributed by atoms with van der Waals surface area (Å²) in [5, 5.41) is 0.237. The van der Waals surface area contributed by atoms with Crippen LogP contribution in [0.2, 0.25) is 5.02 Å². The summed E-state index contributed by atoms with van der Waals surface area (Å²) < 4.78 is 32.4. The molecule has 1 atom stereocenters. The second-order valence-corrected chi connectivity index (χ2v) is 4.80. The molecule has 0 amide bonds. The zero-order valence-electron chi connectivity index (χ0n) is 10.4. The van der Waals surface area contributed by atoms with Gasteiger partial charge in [-0.25, -0.2) is 8.78 Å². The van der Waals surface area contributed by atoms with Crippen LogP contribution in [0.5, 0.6) is 0 Å². The molecular formula is C13H18ClF2NO. The molecule has 0 aliphatic rings. The third-order valence-corrected chi connectivity index (χ3v) is 3.11. The van der Waals surface area contributed by atoms with E-state index in [4.69, 9.17) is 22.1 Å². The van der Waals surface area contributed by atoms with Crippen molar-refractivity contribution in [3.05, 3.63) is 34.6 Å². The zero-order valence-corrected chi connectivity index (χ0v) is 11.1. The molecule has 0 saturated heterocycles. The van der Waals surface area contributed by atoms with Crippen molar-refractivity contribution in [3.8, 4) is 0 Å². The molecule has 0 saturated carbocycles. The molecule has 2 N–H and O–H groups in total. The Labute approximate surface area is 111 Å². The van der Waals surface area contributed by atoms with Gasteiger partial charge < -0.3 is 10.5 Å². The minimum absolute atomic E-state index is 0.0271. The van der Waals surface area contributed by atoms with Crippen LogP contribution < -0.4 is 5.73 Å². The number of halogens is 3. The molecule has 1 rings (SSSR count). The fourth-order valence-electron chi connectivity index (χ4n) is 1.90. The lowest BCUT2D eigenvalue weighted by Gasteiger charge is -2.25. The first-order valence-corrected chi connectivity index (χ1v) is 6.20. The normalized spacial score (nSPS) is 14.5. The monoisotopic (exact) mass is 277 g/mol. The van der Waals surface area contributed by atoms with E-state index in [0.29, 0.717) is 24.9 Å². The smallest absolute Gasteiger partial charge is 0.138 e. The van der Waals surface area contributed by atoms with Crippen molar-refractivity contribution < 1.29 is 13.5 Å². The Balaban J connectivity index is 2.81. The summed E-state index contributed by atoms with van der Waals surface area (Å²) in [7, 11) is 1.45. The van der Waals surface area contributed by atoms with Crippen LogP contribution in [-0.2, 0) is 11.2 Å². The van der Waals surface area contributed by atoms with E-state index in [1.54, 1.807) is 0 Å². The molecule has 18 heavy (non-hydrogen) atoms. The molecule has 1 unspecified atom stereocenters. The Morgan fingerprint density at radius 2 is 2.17 bits per heavy atom. The van der Waals surface area contributed by atoms with Crippen molar-refractivity contribution in [2.75, 3.05) is 20.3 Å². The van der Waals surface area contributed by atoms with E-state index in [-0.39, 0.29) is 18.1 Å². The third kappa shape index (κ3) is 4.52. The number of ether oxygens (including phenoxy) is 1. The lowest BCUT2D eigenvalue weighted by atomic mass is 9.92. The molecule has 102 valence electrons. The topological polar surface area (TPSA) is 35.2 Å². The van der Waals surface area contributed by atoms with Crippen molar-refractivity contribution in [2.24, 2.45) is 5.73 Å². The minimum atomic E-state index is -1.52. The van der Waals surface area contributed by atoms with Crippen LogP contribution in [0.4, 0.5) is 8.78 Å². The predicted octanol–water partition coefficient (Wildman–Crippen LogP) is 3.12. The number of methoxy groups -OCH3 is 1. The number of hydrogen-bond donors (Lipinski definition) is 1. The molecule has 0 aliphatic carbocycles. The molecule has 0 spiro atoms. The summed E-state index contributed by atoms with van der Waals surface area (Å²) in [5.74, 6) is -0.429. The van der Waals surface area contributed by atoms with E-state index >= 15 is 0 Å². The van der Waals surface area contributed by atoms with Crippen molar-refractivity contribution >= 4 is 11.6 Å². The Bertz CT molecular complexity index is 389. The summed E-state index contributed by atoms with van der Waals surface area (Å²) in [5.41, 5.74) is 4.45. The van der Waals surface area contributed by atoms with Crippen LogP contribution in [0, 0.1) is 5.82 Å². The Kier molecular flexibility index (Phi) is 5.99. The van der Waals surface area contributed by atoms with Gasteiger partial charge >= 0.3 is 0 Å². The van der Waals surface area contributed by atoms with Gasteiger partial charge in [-0.15, -0.1) is 0 Å². The number of alkyl halides is 1. The van der Waals surface area contributed by atoms with Gasteiger partial charge in [-0.05, 0) is 37.1 Å². The first kappa shape index (κ1) is 15.3. The molecule has 0 aromatic heterocycles. The minimum Gasteiger partial charge on any atom is -0.381 e. The largest absolute Gasteiger partial charge is 0.381 e. The summed E-state index contributed by atoms with van der Waals surface area (Å²) in [6.07, 6.45) is 0.962. The molecule has 1 aromatic carbocycles. The van der Waals surface area contributed by atoms with E-state index in [0.717, 1.165) is 0 Å². The van der Waals surface area contributed by atoms with Crippen molar-refractivity contribution in [3.63, 3.8) is 0 Å². The first-order valence-electron chi connectivity index (χ1n) is 5.82. The van der Waals surface area contributed by atoms with Crippen molar-refractivity contribution in [2.45, 2.75) is 24.9 Å². The Morgan fingerprint density at radius 3 is 2.72 bits per heavy atom. The number of benzene rings is 1. The lowest BCUT2D eigenvalue weighted by molar-refractivity contribution is 0.0334. The van der Waals surface area contributed by atoms with Gasteiger partial charge in [0.1, 0.15) is 11.5 Å². The van der Waals surface area contributed by atoms with E-state index in [1.165, 1.54) is 25.3 Å². The molecule has 0 bridgehead atoms. The summed E-state index contributed by atoms with van der Waals surface area (Å²) in [6, 6.07) is 3.97. The summed E-state index contributed by atoms with van der Waals surface area (Å²) in [4.78, 5) is 0. The molecule has 5 heteroatoms. The first-order chi connectivity index (χ1) is 8.50. The molecule has 2 nitrogen and oxygen atoms in total. The maximum atomic E-state index is 14.6. The standard InChI is InChI=1S/C13H18ClF2NO/c1-18-9-13(16,5-2-6-17)8-10-3-4-11(15)7-12(10)14/h3-4,7H,2,5-6,8-9,17H2,1H3. The lowest BCUT2D eigenvalue weighted by Crippen LogP contribution is -2.32.